The van der Waals surface area contributed by atoms with Gasteiger partial charge in [-0.25, -0.2) is 0 Å². The molecule has 0 aliphatic carbocycles. The highest BCUT2D eigenvalue weighted by Gasteiger charge is 2.04. The van der Waals surface area contributed by atoms with Crippen LogP contribution in [0.2, 0.25) is 0 Å². The first-order chi connectivity index (χ1) is 5.68. The molecule has 0 unspecified atom stereocenters. The van der Waals surface area contributed by atoms with Crippen LogP contribution in [0.3, 0.4) is 0 Å². The van der Waals surface area contributed by atoms with Crippen molar-refractivity contribution in [1.29, 1.82) is 5.26 Å². The minimum Gasteiger partial charge on any atom is -0.356 e. The summed E-state index contributed by atoms with van der Waals surface area (Å²) in [6, 6.07) is 2.07. The van der Waals surface area contributed by atoms with E-state index < -0.39 is 0 Å². The number of unbranched alkanes of at least 4 members (excludes halogenated alkanes) is 2. The first-order valence-corrected chi connectivity index (χ1v) is 4.33. The van der Waals surface area contributed by atoms with E-state index in [4.69, 9.17) is 5.26 Å². The van der Waals surface area contributed by atoms with Crippen LogP contribution in [-0.4, -0.2) is 12.5 Å². The molecule has 1 amide bonds. The Morgan fingerprint density at radius 3 is 2.67 bits per heavy atom. The van der Waals surface area contributed by atoms with E-state index in [0.717, 1.165) is 12.8 Å². The number of hydrogen-bond donors (Lipinski definition) is 1. The Morgan fingerprint density at radius 2 is 2.17 bits per heavy atom. The lowest BCUT2D eigenvalue weighted by Crippen LogP contribution is -2.28. The van der Waals surface area contributed by atoms with Gasteiger partial charge in [0.25, 0.3) is 0 Å². The zero-order valence-corrected chi connectivity index (χ0v) is 7.76. The summed E-state index contributed by atoms with van der Waals surface area (Å²) in [5, 5.41) is 11.0. The molecule has 0 fully saturated rings. The number of nitrogens with one attached hydrogen (secondary N) is 1. The van der Waals surface area contributed by atoms with Gasteiger partial charge in [0.15, 0.2) is 0 Å². The predicted octanol–water partition coefficient (Wildman–Crippen LogP) is 1.45. The molecular weight excluding hydrogens is 152 g/mol. The first-order valence-electron chi connectivity index (χ1n) is 4.33. The molecule has 1 N–H and O–H groups in total. The average molecular weight is 168 g/mol. The molecule has 0 aromatic rings. The van der Waals surface area contributed by atoms with Gasteiger partial charge in [-0.05, 0) is 12.8 Å². The van der Waals surface area contributed by atoms with Crippen LogP contribution in [-0.2, 0) is 4.79 Å². The molecule has 12 heavy (non-hydrogen) atoms. The van der Waals surface area contributed by atoms with Gasteiger partial charge in [-0.15, -0.1) is 0 Å². The van der Waals surface area contributed by atoms with Crippen molar-refractivity contribution in [3.8, 4) is 6.07 Å². The second kappa shape index (κ2) is 6.66. The molecule has 3 heteroatoms. The molecule has 0 spiro atoms. The number of amides is 1. The monoisotopic (exact) mass is 168 g/mol. The highest BCUT2D eigenvalue weighted by molar-refractivity contribution is 5.77. The Balaban J connectivity index is 3.21. The fourth-order valence-electron chi connectivity index (χ4n) is 0.745. The van der Waals surface area contributed by atoms with E-state index in [9.17, 15) is 4.79 Å². The Morgan fingerprint density at radius 1 is 1.50 bits per heavy atom. The Hall–Kier alpha value is -1.04. The smallest absolute Gasteiger partial charge is 0.222 e. The molecule has 0 aromatic carbocycles. The Labute approximate surface area is 73.8 Å². The number of nitrogens with zero attached hydrogens (tertiary/aromatic N) is 1. The van der Waals surface area contributed by atoms with Crippen LogP contribution in [0.5, 0.6) is 0 Å². The highest BCUT2D eigenvalue weighted by atomic mass is 16.1. The van der Waals surface area contributed by atoms with E-state index in [0.29, 0.717) is 13.0 Å². The Bertz CT molecular complexity index is 170. The molecule has 0 saturated carbocycles. The maximum atomic E-state index is 11.0. The first kappa shape index (κ1) is 11.0. The third-order valence-electron chi connectivity index (χ3n) is 1.54. The van der Waals surface area contributed by atoms with Crippen LogP contribution in [0.25, 0.3) is 0 Å². The number of hydrogen-bond acceptors (Lipinski definition) is 2. The van der Waals surface area contributed by atoms with Crippen molar-refractivity contribution in [2.24, 2.45) is 5.92 Å². The maximum Gasteiger partial charge on any atom is 0.222 e. The van der Waals surface area contributed by atoms with Crippen molar-refractivity contribution in [2.75, 3.05) is 6.54 Å². The van der Waals surface area contributed by atoms with Gasteiger partial charge >= 0.3 is 0 Å². The molecule has 68 valence electrons. The van der Waals surface area contributed by atoms with Gasteiger partial charge in [0.05, 0.1) is 6.07 Å². The van der Waals surface area contributed by atoms with Crippen molar-refractivity contribution < 1.29 is 4.79 Å². The predicted molar refractivity (Wildman–Crippen MR) is 47.3 cm³/mol. The topological polar surface area (TPSA) is 52.9 Å². The standard InChI is InChI=1S/C9H16N2O/c1-8(2)9(12)11-7-5-3-4-6-10/h8H,3-5,7H2,1-2H3,(H,11,12). The zero-order chi connectivity index (χ0) is 9.40. The summed E-state index contributed by atoms with van der Waals surface area (Å²) in [5.74, 6) is 0.146. The molecule has 0 heterocycles. The average Bonchev–Trinajstić information content (AvgIpc) is 2.03. The quantitative estimate of drug-likeness (QED) is 0.632. The molecular formula is C9H16N2O. The summed E-state index contributed by atoms with van der Waals surface area (Å²) in [4.78, 5) is 11.0. The van der Waals surface area contributed by atoms with Crippen molar-refractivity contribution in [3.63, 3.8) is 0 Å². The molecule has 0 bridgehead atoms. The van der Waals surface area contributed by atoms with Crippen LogP contribution in [0, 0.1) is 17.2 Å². The lowest BCUT2D eigenvalue weighted by Gasteiger charge is -2.05. The molecule has 3 nitrogen and oxygen atoms in total. The van der Waals surface area contributed by atoms with Gasteiger partial charge < -0.3 is 5.32 Å². The van der Waals surface area contributed by atoms with Crippen LogP contribution in [0.1, 0.15) is 33.1 Å². The normalized spacial score (nSPS) is 9.50. The van der Waals surface area contributed by atoms with Crippen molar-refractivity contribution in [3.05, 3.63) is 0 Å². The summed E-state index contributed by atoms with van der Waals surface area (Å²) in [5.41, 5.74) is 0. The zero-order valence-electron chi connectivity index (χ0n) is 7.76. The summed E-state index contributed by atoms with van der Waals surface area (Å²) in [6.07, 6.45) is 2.35. The van der Waals surface area contributed by atoms with Gasteiger partial charge in [0.2, 0.25) is 5.91 Å². The van der Waals surface area contributed by atoms with Crippen LogP contribution in [0.4, 0.5) is 0 Å². The molecule has 0 atom stereocenters. The van der Waals surface area contributed by atoms with Gasteiger partial charge in [-0.1, -0.05) is 13.8 Å². The number of carbonyl (C=O) groups excluding carboxylic acids is 1. The summed E-state index contributed by atoms with van der Waals surface area (Å²) in [7, 11) is 0. The summed E-state index contributed by atoms with van der Waals surface area (Å²) < 4.78 is 0. The van der Waals surface area contributed by atoms with Crippen molar-refractivity contribution in [2.45, 2.75) is 33.1 Å². The van der Waals surface area contributed by atoms with E-state index in [-0.39, 0.29) is 11.8 Å². The molecule has 0 aliphatic heterocycles. The van der Waals surface area contributed by atoms with Gasteiger partial charge in [0, 0.05) is 18.9 Å². The highest BCUT2D eigenvalue weighted by Crippen LogP contribution is 1.94. The number of rotatable bonds is 5. The summed E-state index contributed by atoms with van der Waals surface area (Å²) in [6.45, 7) is 4.42. The largest absolute Gasteiger partial charge is 0.356 e. The third-order valence-corrected chi connectivity index (χ3v) is 1.54. The lowest BCUT2D eigenvalue weighted by molar-refractivity contribution is -0.123. The fraction of sp³-hybridized carbons (Fsp3) is 0.778. The minimum atomic E-state index is 0.0565. The second-order valence-corrected chi connectivity index (χ2v) is 3.06. The Kier molecular flexibility index (Phi) is 6.08. The second-order valence-electron chi connectivity index (χ2n) is 3.06. The molecule has 0 aromatic heterocycles. The molecule has 0 rings (SSSR count). The minimum absolute atomic E-state index is 0.0565. The van der Waals surface area contributed by atoms with Crippen LogP contribution in [0.15, 0.2) is 0 Å². The van der Waals surface area contributed by atoms with E-state index in [2.05, 4.69) is 11.4 Å². The maximum absolute atomic E-state index is 11.0. The van der Waals surface area contributed by atoms with E-state index >= 15 is 0 Å². The van der Waals surface area contributed by atoms with E-state index in [1.807, 2.05) is 13.8 Å². The molecule has 0 aliphatic rings. The van der Waals surface area contributed by atoms with Crippen molar-refractivity contribution >= 4 is 5.91 Å². The molecule has 0 saturated heterocycles. The molecule has 0 radical (unpaired) electrons. The number of nitriles is 1. The van der Waals surface area contributed by atoms with Gasteiger partial charge in [-0.3, -0.25) is 4.79 Å². The van der Waals surface area contributed by atoms with Crippen LogP contribution >= 0.6 is 0 Å². The third kappa shape index (κ3) is 5.72. The van der Waals surface area contributed by atoms with E-state index in [1.54, 1.807) is 0 Å². The van der Waals surface area contributed by atoms with Gasteiger partial charge in [-0.2, -0.15) is 5.26 Å². The van der Waals surface area contributed by atoms with Gasteiger partial charge in [0.1, 0.15) is 0 Å². The number of carbonyl (C=O) groups is 1. The van der Waals surface area contributed by atoms with Crippen molar-refractivity contribution in [1.82, 2.24) is 5.32 Å². The van der Waals surface area contributed by atoms with E-state index in [1.165, 1.54) is 0 Å². The lowest BCUT2D eigenvalue weighted by atomic mass is 10.2. The SMILES string of the molecule is CC(C)C(=O)NCCCCC#N. The van der Waals surface area contributed by atoms with Crippen LogP contribution < -0.4 is 5.32 Å². The fourth-order valence-corrected chi connectivity index (χ4v) is 0.745. The summed E-state index contributed by atoms with van der Waals surface area (Å²) >= 11 is 0.